The standard InChI is InChI=1S/C23H23N3O4S2/c1-15(27)24-18-4-6-19(7-5-18)32(29,30)25-12-16-11-17(14-25)23-20(21-3-2-10-31-21)8-9-22(28)26(23)13-16/h2-10,16-17H,11-14H2,1H3,(H,24,27). The molecule has 0 aliphatic carbocycles. The molecule has 7 nitrogen and oxygen atoms in total. The molecule has 0 spiro atoms. The third kappa shape index (κ3) is 3.70. The molecular formula is C23H23N3O4S2. The molecule has 9 heteroatoms. The summed E-state index contributed by atoms with van der Waals surface area (Å²) < 4.78 is 30.2. The van der Waals surface area contributed by atoms with Gasteiger partial charge < -0.3 is 9.88 Å². The van der Waals surface area contributed by atoms with Crippen LogP contribution in [0.15, 0.2) is 63.6 Å². The van der Waals surface area contributed by atoms with E-state index in [-0.39, 0.29) is 28.2 Å². The molecule has 1 aromatic carbocycles. The maximum absolute atomic E-state index is 13.4. The number of aromatic nitrogens is 1. The Morgan fingerprint density at radius 3 is 2.53 bits per heavy atom. The van der Waals surface area contributed by atoms with Gasteiger partial charge in [0.05, 0.1) is 4.90 Å². The van der Waals surface area contributed by atoms with E-state index in [1.165, 1.54) is 19.1 Å². The normalized spacial score (nSPS) is 20.5. The first-order chi connectivity index (χ1) is 15.3. The lowest BCUT2D eigenvalue weighted by atomic mass is 9.82. The topological polar surface area (TPSA) is 88.5 Å². The number of hydrogen-bond acceptors (Lipinski definition) is 5. The van der Waals surface area contributed by atoms with Gasteiger partial charge in [-0.15, -0.1) is 11.3 Å². The van der Waals surface area contributed by atoms with Crippen molar-refractivity contribution in [1.82, 2.24) is 8.87 Å². The smallest absolute Gasteiger partial charge is 0.250 e. The molecule has 2 aromatic heterocycles. The second kappa shape index (κ2) is 7.99. The number of fused-ring (bicyclic) bond motifs is 4. The van der Waals surface area contributed by atoms with Gasteiger partial charge in [0.2, 0.25) is 15.9 Å². The molecule has 2 aliphatic heterocycles. The molecule has 1 amide bonds. The number of carbonyl (C=O) groups is 1. The zero-order valence-corrected chi connectivity index (χ0v) is 19.2. The number of amides is 1. The van der Waals surface area contributed by atoms with Crippen LogP contribution in [0.25, 0.3) is 10.4 Å². The van der Waals surface area contributed by atoms with Gasteiger partial charge in [-0.1, -0.05) is 6.07 Å². The van der Waals surface area contributed by atoms with E-state index in [4.69, 9.17) is 0 Å². The fourth-order valence-corrected chi connectivity index (χ4v) is 7.19. The molecule has 2 unspecified atom stereocenters. The van der Waals surface area contributed by atoms with Crippen LogP contribution < -0.4 is 10.9 Å². The van der Waals surface area contributed by atoms with Gasteiger partial charge in [-0.2, -0.15) is 4.31 Å². The average Bonchev–Trinajstić information content (AvgIpc) is 3.29. The van der Waals surface area contributed by atoms with Crippen LogP contribution in [0, 0.1) is 5.92 Å². The van der Waals surface area contributed by atoms with Gasteiger partial charge in [0.25, 0.3) is 5.56 Å². The molecule has 166 valence electrons. The molecule has 1 saturated heterocycles. The highest BCUT2D eigenvalue weighted by Crippen LogP contribution is 2.42. The number of rotatable bonds is 4. The second-order valence-electron chi connectivity index (χ2n) is 8.38. The highest BCUT2D eigenvalue weighted by atomic mass is 32.2. The first kappa shape index (κ1) is 21.1. The molecule has 2 bridgehead atoms. The summed E-state index contributed by atoms with van der Waals surface area (Å²) >= 11 is 1.62. The van der Waals surface area contributed by atoms with Gasteiger partial charge in [0.15, 0.2) is 0 Å². The summed E-state index contributed by atoms with van der Waals surface area (Å²) in [5.41, 5.74) is 2.49. The largest absolute Gasteiger partial charge is 0.326 e. The van der Waals surface area contributed by atoms with E-state index in [9.17, 15) is 18.0 Å². The van der Waals surface area contributed by atoms with E-state index in [0.717, 1.165) is 22.6 Å². The molecule has 5 rings (SSSR count). The maximum Gasteiger partial charge on any atom is 0.250 e. The van der Waals surface area contributed by atoms with E-state index in [1.54, 1.807) is 33.8 Å². The van der Waals surface area contributed by atoms with E-state index in [0.29, 0.717) is 25.3 Å². The van der Waals surface area contributed by atoms with Crippen molar-refractivity contribution in [2.24, 2.45) is 5.92 Å². The molecule has 2 aliphatic rings. The minimum Gasteiger partial charge on any atom is -0.326 e. The van der Waals surface area contributed by atoms with Crippen LogP contribution in [0.3, 0.4) is 0 Å². The number of benzene rings is 1. The van der Waals surface area contributed by atoms with Gasteiger partial charge in [-0.25, -0.2) is 8.42 Å². The first-order valence-corrected chi connectivity index (χ1v) is 12.8. The van der Waals surface area contributed by atoms with Gasteiger partial charge in [-0.05, 0) is 54.1 Å². The highest BCUT2D eigenvalue weighted by molar-refractivity contribution is 7.89. The second-order valence-corrected chi connectivity index (χ2v) is 11.3. The summed E-state index contributed by atoms with van der Waals surface area (Å²) in [5.74, 6) is -0.159. The Kier molecular flexibility index (Phi) is 5.27. The Morgan fingerprint density at radius 2 is 1.84 bits per heavy atom. The van der Waals surface area contributed by atoms with Crippen LogP contribution in [-0.2, 0) is 21.4 Å². The fourth-order valence-electron chi connectivity index (χ4n) is 4.87. The quantitative estimate of drug-likeness (QED) is 0.635. The zero-order chi connectivity index (χ0) is 22.5. The van der Waals surface area contributed by atoms with Crippen LogP contribution in [0.4, 0.5) is 5.69 Å². The Balaban J connectivity index is 1.49. The Morgan fingerprint density at radius 1 is 1.06 bits per heavy atom. The summed E-state index contributed by atoms with van der Waals surface area (Å²) in [6, 6.07) is 13.8. The van der Waals surface area contributed by atoms with Crippen LogP contribution in [-0.4, -0.2) is 36.3 Å². The lowest BCUT2D eigenvalue weighted by Crippen LogP contribution is -2.49. The van der Waals surface area contributed by atoms with Crippen LogP contribution in [0.5, 0.6) is 0 Å². The predicted octanol–water partition coefficient (Wildman–Crippen LogP) is 3.34. The SMILES string of the molecule is CC(=O)Nc1ccc(S(=O)(=O)N2CC3CC(C2)c2c(-c4cccs4)ccc(=O)n2C3)cc1. The van der Waals surface area contributed by atoms with Crippen molar-refractivity contribution in [3.63, 3.8) is 0 Å². The molecular weight excluding hydrogens is 446 g/mol. The summed E-state index contributed by atoms with van der Waals surface area (Å²) in [4.78, 5) is 25.1. The van der Waals surface area contributed by atoms with E-state index in [1.807, 2.05) is 28.1 Å². The lowest BCUT2D eigenvalue weighted by molar-refractivity contribution is -0.114. The molecule has 1 N–H and O–H groups in total. The predicted molar refractivity (Wildman–Crippen MR) is 124 cm³/mol. The van der Waals surface area contributed by atoms with E-state index < -0.39 is 10.0 Å². The number of carbonyl (C=O) groups excluding carboxylic acids is 1. The van der Waals surface area contributed by atoms with E-state index in [2.05, 4.69) is 5.32 Å². The summed E-state index contributed by atoms with van der Waals surface area (Å²) in [7, 11) is -3.69. The molecule has 2 atom stereocenters. The van der Waals surface area contributed by atoms with Crippen molar-refractivity contribution in [3.05, 3.63) is 70.0 Å². The summed E-state index contributed by atoms with van der Waals surface area (Å²) in [5, 5.41) is 4.66. The number of nitrogens with zero attached hydrogens (tertiary/aromatic N) is 2. The number of pyridine rings is 1. The Bertz CT molecular complexity index is 1330. The molecule has 3 aromatic rings. The van der Waals surface area contributed by atoms with Gasteiger partial charge in [0, 0.05) is 60.4 Å². The van der Waals surface area contributed by atoms with Crippen LogP contribution >= 0.6 is 11.3 Å². The number of piperidine rings is 1. The minimum atomic E-state index is -3.69. The number of sulfonamides is 1. The third-order valence-corrected chi connectivity index (χ3v) is 8.90. The van der Waals surface area contributed by atoms with Crippen LogP contribution in [0.1, 0.15) is 25.0 Å². The van der Waals surface area contributed by atoms with Crippen molar-refractivity contribution in [2.45, 2.75) is 30.7 Å². The monoisotopic (exact) mass is 469 g/mol. The minimum absolute atomic E-state index is 0.0279. The lowest BCUT2D eigenvalue weighted by Gasteiger charge is -2.42. The summed E-state index contributed by atoms with van der Waals surface area (Å²) in [6.07, 6.45) is 0.870. The average molecular weight is 470 g/mol. The maximum atomic E-state index is 13.4. The van der Waals surface area contributed by atoms with Crippen molar-refractivity contribution in [3.8, 4) is 10.4 Å². The van der Waals surface area contributed by atoms with Gasteiger partial charge in [-0.3, -0.25) is 9.59 Å². The number of thiophene rings is 1. The number of hydrogen-bond donors (Lipinski definition) is 1. The Labute approximate surface area is 190 Å². The van der Waals surface area contributed by atoms with Crippen molar-refractivity contribution in [1.29, 1.82) is 0 Å². The van der Waals surface area contributed by atoms with Crippen molar-refractivity contribution >= 4 is 33.0 Å². The van der Waals surface area contributed by atoms with E-state index >= 15 is 0 Å². The number of nitrogens with one attached hydrogen (secondary N) is 1. The zero-order valence-electron chi connectivity index (χ0n) is 17.5. The highest BCUT2D eigenvalue weighted by Gasteiger charge is 2.40. The molecule has 0 saturated carbocycles. The molecule has 1 fully saturated rings. The molecule has 0 radical (unpaired) electrons. The van der Waals surface area contributed by atoms with Crippen molar-refractivity contribution in [2.75, 3.05) is 18.4 Å². The Hall–Kier alpha value is -2.75. The first-order valence-electron chi connectivity index (χ1n) is 10.5. The molecule has 4 heterocycles. The third-order valence-electron chi connectivity index (χ3n) is 6.16. The summed E-state index contributed by atoms with van der Waals surface area (Å²) in [6.45, 7) is 2.66. The van der Waals surface area contributed by atoms with Gasteiger partial charge in [0.1, 0.15) is 0 Å². The van der Waals surface area contributed by atoms with Gasteiger partial charge >= 0.3 is 0 Å². The fraction of sp³-hybridized carbons (Fsp3) is 0.304. The molecule has 32 heavy (non-hydrogen) atoms. The number of anilines is 1. The van der Waals surface area contributed by atoms with Crippen molar-refractivity contribution < 1.29 is 13.2 Å². The van der Waals surface area contributed by atoms with Crippen LogP contribution in [0.2, 0.25) is 0 Å².